The number of nitrogens with zero attached hydrogens (tertiary/aromatic N) is 3. The van der Waals surface area contributed by atoms with Crippen LogP contribution in [0.25, 0.3) is 0 Å². The SMILES string of the molecule is CCCCCCCCCCCCN1N=C(CCCCCCC)N(N)C1CCCCCCC. The second kappa shape index (κ2) is 20.8. The fourth-order valence-corrected chi connectivity index (χ4v) is 4.83. The summed E-state index contributed by atoms with van der Waals surface area (Å²) in [5.74, 6) is 7.71. The number of hydrazine groups is 1. The van der Waals surface area contributed by atoms with Gasteiger partial charge in [-0.2, -0.15) is 5.10 Å². The van der Waals surface area contributed by atoms with Crippen LogP contribution in [0.1, 0.15) is 162 Å². The van der Waals surface area contributed by atoms with Gasteiger partial charge in [0.2, 0.25) is 0 Å². The molecule has 0 saturated heterocycles. The van der Waals surface area contributed by atoms with Crippen molar-refractivity contribution in [3.8, 4) is 0 Å². The lowest BCUT2D eigenvalue weighted by molar-refractivity contribution is 0.116. The average Bonchev–Trinajstić information content (AvgIpc) is 3.09. The fraction of sp³-hybridized carbons (Fsp3) is 0.964. The van der Waals surface area contributed by atoms with Gasteiger partial charge in [0.05, 0.1) is 0 Å². The maximum absolute atomic E-state index is 6.58. The van der Waals surface area contributed by atoms with Crippen molar-refractivity contribution in [2.24, 2.45) is 10.9 Å². The molecular formula is C28H58N4. The van der Waals surface area contributed by atoms with Crippen molar-refractivity contribution < 1.29 is 0 Å². The van der Waals surface area contributed by atoms with Crippen molar-refractivity contribution in [2.75, 3.05) is 6.54 Å². The van der Waals surface area contributed by atoms with E-state index in [0.29, 0.717) is 6.17 Å². The van der Waals surface area contributed by atoms with E-state index in [1.807, 2.05) is 5.01 Å². The van der Waals surface area contributed by atoms with Gasteiger partial charge in [-0.1, -0.05) is 130 Å². The maximum atomic E-state index is 6.58. The molecule has 0 bridgehead atoms. The average molecular weight is 451 g/mol. The monoisotopic (exact) mass is 450 g/mol. The Kier molecular flexibility index (Phi) is 19.0. The number of nitrogens with two attached hydrogens (primary N) is 1. The van der Waals surface area contributed by atoms with E-state index in [-0.39, 0.29) is 0 Å². The molecule has 1 aliphatic heterocycles. The summed E-state index contributed by atoms with van der Waals surface area (Å²) in [5, 5.41) is 9.37. The standard InChI is InChI=1S/C28H58N4/c1-4-7-10-13-14-15-16-17-20-23-26-31-28(25-22-19-12-9-6-3)32(29)27(30-31)24-21-18-11-8-5-2/h28H,4-26,29H2,1-3H3. The number of unbranched alkanes of at least 4 members (excludes halogenated alkanes) is 17. The van der Waals surface area contributed by atoms with Gasteiger partial charge in [-0.25, -0.2) is 5.84 Å². The highest BCUT2D eigenvalue weighted by molar-refractivity contribution is 5.83. The number of rotatable bonds is 23. The summed E-state index contributed by atoms with van der Waals surface area (Å²) >= 11 is 0. The molecule has 2 N–H and O–H groups in total. The van der Waals surface area contributed by atoms with Crippen LogP contribution in [-0.4, -0.2) is 28.6 Å². The summed E-state index contributed by atoms with van der Waals surface area (Å²) in [6, 6.07) is 0. The highest BCUT2D eigenvalue weighted by Crippen LogP contribution is 2.23. The van der Waals surface area contributed by atoms with Crippen LogP contribution in [-0.2, 0) is 0 Å². The van der Waals surface area contributed by atoms with Crippen molar-refractivity contribution in [3.05, 3.63) is 0 Å². The van der Waals surface area contributed by atoms with E-state index in [0.717, 1.165) is 25.2 Å². The number of hydrogen-bond acceptors (Lipinski definition) is 4. The van der Waals surface area contributed by atoms with E-state index in [1.54, 1.807) is 0 Å². The Morgan fingerprint density at radius 2 is 1.03 bits per heavy atom. The van der Waals surface area contributed by atoms with Crippen molar-refractivity contribution >= 4 is 5.84 Å². The molecule has 0 aromatic carbocycles. The minimum Gasteiger partial charge on any atom is -0.273 e. The second-order valence-corrected chi connectivity index (χ2v) is 10.1. The second-order valence-electron chi connectivity index (χ2n) is 10.1. The van der Waals surface area contributed by atoms with Gasteiger partial charge >= 0.3 is 0 Å². The molecule has 0 amide bonds. The van der Waals surface area contributed by atoms with E-state index in [2.05, 4.69) is 25.8 Å². The van der Waals surface area contributed by atoms with Crippen molar-refractivity contribution in [3.63, 3.8) is 0 Å². The van der Waals surface area contributed by atoms with Crippen LogP contribution in [0.2, 0.25) is 0 Å². The molecule has 0 aliphatic carbocycles. The van der Waals surface area contributed by atoms with E-state index in [9.17, 15) is 0 Å². The molecule has 4 nitrogen and oxygen atoms in total. The molecule has 1 rings (SSSR count). The Balaban J connectivity index is 2.32. The van der Waals surface area contributed by atoms with Crippen LogP contribution in [0.5, 0.6) is 0 Å². The van der Waals surface area contributed by atoms with E-state index in [4.69, 9.17) is 10.9 Å². The third-order valence-corrected chi connectivity index (χ3v) is 7.02. The molecule has 0 radical (unpaired) electrons. The molecule has 190 valence electrons. The molecule has 0 fully saturated rings. The molecule has 1 unspecified atom stereocenters. The number of hydrogen-bond donors (Lipinski definition) is 1. The molecule has 32 heavy (non-hydrogen) atoms. The Labute approximate surface area is 201 Å². The predicted molar refractivity (Wildman–Crippen MR) is 143 cm³/mol. The van der Waals surface area contributed by atoms with Crippen molar-refractivity contribution in [1.82, 2.24) is 10.0 Å². The Bertz CT molecular complexity index is 437. The first-order valence-corrected chi connectivity index (χ1v) is 14.6. The molecule has 0 aromatic rings. The Morgan fingerprint density at radius 3 is 1.56 bits per heavy atom. The first-order chi connectivity index (χ1) is 15.7. The van der Waals surface area contributed by atoms with Crippen molar-refractivity contribution in [2.45, 2.75) is 168 Å². The van der Waals surface area contributed by atoms with Gasteiger partial charge in [-0.3, -0.25) is 10.0 Å². The fourth-order valence-electron chi connectivity index (χ4n) is 4.83. The van der Waals surface area contributed by atoms with E-state index in [1.165, 1.54) is 128 Å². The zero-order valence-electron chi connectivity index (χ0n) is 22.3. The van der Waals surface area contributed by atoms with Crippen LogP contribution >= 0.6 is 0 Å². The molecule has 1 heterocycles. The number of hydrazone groups is 1. The molecular weight excluding hydrogens is 392 g/mol. The minimum absolute atomic E-state index is 0.292. The zero-order valence-corrected chi connectivity index (χ0v) is 22.3. The summed E-state index contributed by atoms with van der Waals surface area (Å²) < 4.78 is 0. The van der Waals surface area contributed by atoms with Crippen LogP contribution < -0.4 is 5.84 Å². The van der Waals surface area contributed by atoms with E-state index < -0.39 is 0 Å². The lowest BCUT2D eigenvalue weighted by Gasteiger charge is -2.28. The topological polar surface area (TPSA) is 44.9 Å². The van der Waals surface area contributed by atoms with Gasteiger partial charge in [0.1, 0.15) is 12.0 Å². The van der Waals surface area contributed by atoms with Crippen LogP contribution in [0.3, 0.4) is 0 Å². The molecule has 0 aromatic heterocycles. The molecule has 0 spiro atoms. The third-order valence-electron chi connectivity index (χ3n) is 7.02. The molecule has 0 saturated carbocycles. The molecule has 4 heteroatoms. The summed E-state index contributed by atoms with van der Waals surface area (Å²) in [6.45, 7) is 7.93. The number of amidine groups is 1. The lowest BCUT2D eigenvalue weighted by Crippen LogP contribution is -2.46. The Hall–Kier alpha value is -0.770. The normalized spacial score (nSPS) is 16.2. The van der Waals surface area contributed by atoms with Gasteiger partial charge in [0.15, 0.2) is 0 Å². The largest absolute Gasteiger partial charge is 0.273 e. The highest BCUT2D eigenvalue weighted by atomic mass is 15.7. The predicted octanol–water partition coefficient (Wildman–Crippen LogP) is 8.76. The van der Waals surface area contributed by atoms with Crippen LogP contribution in [0, 0.1) is 0 Å². The van der Waals surface area contributed by atoms with Gasteiger partial charge in [0.25, 0.3) is 0 Å². The summed E-state index contributed by atoms with van der Waals surface area (Å²) in [6.07, 6.45) is 29.5. The van der Waals surface area contributed by atoms with Crippen LogP contribution in [0.15, 0.2) is 5.10 Å². The minimum atomic E-state index is 0.292. The molecule has 1 atom stereocenters. The Morgan fingerprint density at radius 1 is 0.594 bits per heavy atom. The first-order valence-electron chi connectivity index (χ1n) is 14.6. The van der Waals surface area contributed by atoms with Gasteiger partial charge < -0.3 is 0 Å². The highest BCUT2D eigenvalue weighted by Gasteiger charge is 2.30. The summed E-state index contributed by atoms with van der Waals surface area (Å²) in [7, 11) is 0. The van der Waals surface area contributed by atoms with Gasteiger partial charge in [-0.15, -0.1) is 0 Å². The smallest absolute Gasteiger partial charge is 0.141 e. The summed E-state index contributed by atoms with van der Waals surface area (Å²) in [4.78, 5) is 0. The molecule has 1 aliphatic rings. The van der Waals surface area contributed by atoms with Crippen molar-refractivity contribution in [1.29, 1.82) is 0 Å². The third kappa shape index (κ3) is 13.7. The van der Waals surface area contributed by atoms with Gasteiger partial charge in [-0.05, 0) is 25.7 Å². The van der Waals surface area contributed by atoms with E-state index >= 15 is 0 Å². The van der Waals surface area contributed by atoms with Crippen LogP contribution in [0.4, 0.5) is 0 Å². The lowest BCUT2D eigenvalue weighted by atomic mass is 10.1. The maximum Gasteiger partial charge on any atom is 0.141 e. The van der Waals surface area contributed by atoms with Gasteiger partial charge in [0, 0.05) is 13.0 Å². The summed E-state index contributed by atoms with van der Waals surface area (Å²) in [5.41, 5.74) is 0. The zero-order chi connectivity index (χ0) is 23.3. The quantitative estimate of drug-likeness (QED) is 0.125. The first kappa shape index (κ1) is 29.3.